The quantitative estimate of drug-likeness (QED) is 0.0222. The van der Waals surface area contributed by atoms with Crippen LogP contribution in [0, 0.1) is 0 Å². The van der Waals surface area contributed by atoms with E-state index in [0.717, 1.165) is 19.3 Å². The topological polar surface area (TPSA) is 210 Å². The molecule has 1 aliphatic carbocycles. The molecule has 13 nitrogen and oxygen atoms in total. The second-order valence-corrected chi connectivity index (χ2v) is 16.2. The molecule has 6 unspecified atom stereocenters. The minimum Gasteiger partial charge on any atom is -0.462 e. The monoisotopic (exact) mass is 782 g/mol. The molecule has 1 fully saturated rings. The summed E-state index contributed by atoms with van der Waals surface area (Å²) < 4.78 is 32.6. The SMILES string of the molecule is CCCCCCCCCCCCCCCCCCCCCCCCCCC(=O)OC(COC(=O)CC)COP(=O)(O)OC1C(O)C(O)C(O)C(O)C1O. The minimum absolute atomic E-state index is 0.0522. The van der Waals surface area contributed by atoms with Crippen LogP contribution in [0.5, 0.6) is 0 Å². The number of hydrogen-bond acceptors (Lipinski definition) is 12. The van der Waals surface area contributed by atoms with Crippen LogP contribution in [0.3, 0.4) is 0 Å². The number of esters is 2. The molecule has 1 saturated carbocycles. The second kappa shape index (κ2) is 31.0. The third kappa shape index (κ3) is 24.2. The Morgan fingerprint density at radius 3 is 1.26 bits per heavy atom. The zero-order valence-corrected chi connectivity index (χ0v) is 33.7. The normalized spacial score (nSPS) is 23.4. The molecule has 0 aromatic rings. The van der Waals surface area contributed by atoms with Crippen molar-refractivity contribution in [1.82, 2.24) is 0 Å². The molecule has 0 saturated heterocycles. The lowest BCUT2D eigenvalue weighted by atomic mass is 9.85. The van der Waals surface area contributed by atoms with Crippen LogP contribution in [0.25, 0.3) is 0 Å². The molecule has 0 bridgehead atoms. The predicted molar refractivity (Wildman–Crippen MR) is 203 cm³/mol. The van der Waals surface area contributed by atoms with Crippen LogP contribution in [0.4, 0.5) is 0 Å². The van der Waals surface area contributed by atoms with Crippen molar-refractivity contribution in [3.8, 4) is 0 Å². The standard InChI is InChI=1S/C39H75O13P/c1-3-5-6-7-8-9-10-11-12-13-14-15-16-17-18-19-20-21-22-23-24-25-26-27-28-33(41)51-31(29-49-32(40)4-2)30-50-53(47,48)52-39-37(45)35(43)34(42)36(44)38(39)46/h31,34-39,42-46H,3-30H2,1-2H3,(H,47,48). The molecule has 53 heavy (non-hydrogen) atoms. The fourth-order valence-electron chi connectivity index (χ4n) is 6.56. The zero-order valence-electron chi connectivity index (χ0n) is 32.8. The van der Waals surface area contributed by atoms with E-state index in [9.17, 15) is 44.6 Å². The number of phosphoric acid groups is 1. The molecule has 1 aliphatic rings. The van der Waals surface area contributed by atoms with Crippen LogP contribution in [0.2, 0.25) is 0 Å². The molecule has 0 radical (unpaired) electrons. The van der Waals surface area contributed by atoms with Crippen LogP contribution in [0.1, 0.15) is 181 Å². The Balaban J connectivity index is 2.12. The Labute approximate surface area is 319 Å². The van der Waals surface area contributed by atoms with E-state index in [1.807, 2.05) is 0 Å². The summed E-state index contributed by atoms with van der Waals surface area (Å²) in [5, 5.41) is 49.5. The minimum atomic E-state index is -5.08. The zero-order chi connectivity index (χ0) is 39.3. The van der Waals surface area contributed by atoms with E-state index >= 15 is 0 Å². The number of phosphoric ester groups is 1. The third-order valence-corrected chi connectivity index (χ3v) is 11.0. The number of ether oxygens (including phenoxy) is 2. The number of hydrogen-bond donors (Lipinski definition) is 6. The largest absolute Gasteiger partial charge is 0.472 e. The van der Waals surface area contributed by atoms with Crippen LogP contribution < -0.4 is 0 Å². The van der Waals surface area contributed by atoms with Crippen molar-refractivity contribution in [1.29, 1.82) is 0 Å². The molecule has 0 heterocycles. The smallest absolute Gasteiger partial charge is 0.462 e. The first-order valence-electron chi connectivity index (χ1n) is 20.8. The van der Waals surface area contributed by atoms with E-state index in [-0.39, 0.29) is 12.8 Å². The second-order valence-electron chi connectivity index (χ2n) is 14.8. The fraction of sp³-hybridized carbons (Fsp3) is 0.949. The van der Waals surface area contributed by atoms with Gasteiger partial charge in [0.25, 0.3) is 0 Å². The Hall–Kier alpha value is -1.15. The van der Waals surface area contributed by atoms with Gasteiger partial charge in [-0.05, 0) is 6.42 Å². The summed E-state index contributed by atoms with van der Waals surface area (Å²) in [5.74, 6) is -1.19. The van der Waals surface area contributed by atoms with Crippen LogP contribution in [-0.2, 0) is 32.7 Å². The van der Waals surface area contributed by atoms with Gasteiger partial charge >= 0.3 is 19.8 Å². The van der Waals surface area contributed by atoms with Gasteiger partial charge in [0.15, 0.2) is 6.10 Å². The van der Waals surface area contributed by atoms with Crippen molar-refractivity contribution >= 4 is 19.8 Å². The molecule has 314 valence electrons. The summed E-state index contributed by atoms with van der Waals surface area (Å²) in [7, 11) is -5.08. The number of carbonyl (C=O) groups excluding carboxylic acids is 2. The Morgan fingerprint density at radius 1 is 0.528 bits per heavy atom. The van der Waals surface area contributed by atoms with Gasteiger partial charge in [0.1, 0.15) is 43.2 Å². The van der Waals surface area contributed by atoms with E-state index < -0.39 is 75.7 Å². The molecule has 0 aromatic heterocycles. The van der Waals surface area contributed by atoms with Crippen molar-refractivity contribution in [3.05, 3.63) is 0 Å². The first-order chi connectivity index (χ1) is 25.4. The molecule has 1 rings (SSSR count). The maximum Gasteiger partial charge on any atom is 0.472 e. The van der Waals surface area contributed by atoms with Gasteiger partial charge in [-0.2, -0.15) is 0 Å². The summed E-state index contributed by atoms with van der Waals surface area (Å²) in [4.78, 5) is 34.3. The number of rotatable bonds is 34. The van der Waals surface area contributed by atoms with Gasteiger partial charge < -0.3 is 39.9 Å². The lowest BCUT2D eigenvalue weighted by Gasteiger charge is -2.41. The maximum absolute atomic E-state index is 12.6. The van der Waals surface area contributed by atoms with Gasteiger partial charge in [0.05, 0.1) is 6.61 Å². The van der Waals surface area contributed by atoms with Crippen molar-refractivity contribution in [2.45, 2.75) is 224 Å². The molecule has 0 aliphatic heterocycles. The van der Waals surface area contributed by atoms with Crippen molar-refractivity contribution in [2.75, 3.05) is 13.2 Å². The molecule has 0 spiro atoms. The van der Waals surface area contributed by atoms with Crippen LogP contribution in [0.15, 0.2) is 0 Å². The molecule has 0 aromatic carbocycles. The average molecular weight is 783 g/mol. The van der Waals surface area contributed by atoms with Gasteiger partial charge in [0.2, 0.25) is 0 Å². The average Bonchev–Trinajstić information content (AvgIpc) is 3.14. The lowest BCUT2D eigenvalue weighted by Crippen LogP contribution is -2.64. The van der Waals surface area contributed by atoms with Gasteiger partial charge in [-0.25, -0.2) is 4.57 Å². The van der Waals surface area contributed by atoms with E-state index in [1.54, 1.807) is 6.92 Å². The number of aliphatic hydroxyl groups is 5. The Kier molecular flexibility index (Phi) is 29.2. The molecule has 6 atom stereocenters. The Morgan fingerprint density at radius 2 is 0.887 bits per heavy atom. The molecular formula is C39H75O13P. The summed E-state index contributed by atoms with van der Waals surface area (Å²) in [5.41, 5.74) is 0. The number of unbranched alkanes of at least 4 members (excludes halogenated alkanes) is 23. The highest BCUT2D eigenvalue weighted by Gasteiger charge is 2.51. The van der Waals surface area contributed by atoms with Gasteiger partial charge in [-0.1, -0.05) is 162 Å². The highest BCUT2D eigenvalue weighted by Crippen LogP contribution is 2.47. The summed E-state index contributed by atoms with van der Waals surface area (Å²) >= 11 is 0. The number of aliphatic hydroxyl groups excluding tert-OH is 5. The summed E-state index contributed by atoms with van der Waals surface area (Å²) in [6.07, 6.45) is 17.7. The molecule has 0 amide bonds. The molecule has 6 N–H and O–H groups in total. The fourth-order valence-corrected chi connectivity index (χ4v) is 7.54. The first-order valence-corrected chi connectivity index (χ1v) is 22.3. The summed E-state index contributed by atoms with van der Waals surface area (Å²) in [6, 6.07) is 0. The highest BCUT2D eigenvalue weighted by molar-refractivity contribution is 7.47. The van der Waals surface area contributed by atoms with Gasteiger partial charge in [-0.3, -0.25) is 18.6 Å². The number of carbonyl (C=O) groups is 2. The van der Waals surface area contributed by atoms with E-state index in [0.29, 0.717) is 6.42 Å². The van der Waals surface area contributed by atoms with Crippen molar-refractivity contribution in [3.63, 3.8) is 0 Å². The van der Waals surface area contributed by atoms with E-state index in [1.165, 1.54) is 128 Å². The highest BCUT2D eigenvalue weighted by atomic mass is 31.2. The van der Waals surface area contributed by atoms with Gasteiger partial charge in [-0.15, -0.1) is 0 Å². The van der Waals surface area contributed by atoms with E-state index in [2.05, 4.69) is 6.92 Å². The molecule has 14 heteroatoms. The van der Waals surface area contributed by atoms with Crippen molar-refractivity contribution < 1.29 is 63.1 Å². The third-order valence-electron chi connectivity index (χ3n) is 10.0. The van der Waals surface area contributed by atoms with Crippen LogP contribution >= 0.6 is 7.82 Å². The maximum atomic E-state index is 12.6. The summed E-state index contributed by atoms with van der Waals surface area (Å²) in [6.45, 7) is 2.66. The van der Waals surface area contributed by atoms with Gasteiger partial charge in [0, 0.05) is 12.8 Å². The van der Waals surface area contributed by atoms with Crippen LogP contribution in [-0.4, -0.2) is 98.3 Å². The Bertz CT molecular complexity index is 954. The molecular weight excluding hydrogens is 707 g/mol. The van der Waals surface area contributed by atoms with E-state index in [4.69, 9.17) is 18.5 Å². The van der Waals surface area contributed by atoms with Crippen molar-refractivity contribution in [2.24, 2.45) is 0 Å². The predicted octanol–water partition coefficient (Wildman–Crippen LogP) is 6.94. The first kappa shape index (κ1) is 49.9. The lowest BCUT2D eigenvalue weighted by molar-refractivity contribution is -0.220.